The summed E-state index contributed by atoms with van der Waals surface area (Å²) >= 11 is 0. The van der Waals surface area contributed by atoms with Gasteiger partial charge >= 0.3 is 5.97 Å². The number of amides is 1. The molecule has 33 heavy (non-hydrogen) atoms. The SMILES string of the molecule is Cc1cccc(Cn2c3c(c4cccnc42)CCN(C(=O)CCCC(C)(C)C(=O)O)C3)c1F. The molecule has 1 aliphatic rings. The second-order valence-electron chi connectivity index (χ2n) is 9.54. The van der Waals surface area contributed by atoms with Crippen LogP contribution in [0.5, 0.6) is 0 Å². The van der Waals surface area contributed by atoms with Gasteiger partial charge in [0, 0.05) is 35.8 Å². The number of fused-ring (bicyclic) bond motifs is 3. The zero-order chi connectivity index (χ0) is 23.8. The van der Waals surface area contributed by atoms with E-state index >= 15 is 0 Å². The summed E-state index contributed by atoms with van der Waals surface area (Å²) in [5.74, 6) is -1.04. The molecule has 1 N–H and O–H groups in total. The molecule has 0 aliphatic carbocycles. The zero-order valence-corrected chi connectivity index (χ0v) is 19.4. The summed E-state index contributed by atoms with van der Waals surface area (Å²) in [5.41, 5.74) is 3.33. The lowest BCUT2D eigenvalue weighted by Gasteiger charge is -2.29. The van der Waals surface area contributed by atoms with Crippen LogP contribution in [0.3, 0.4) is 0 Å². The Kier molecular flexibility index (Phi) is 6.23. The van der Waals surface area contributed by atoms with Gasteiger partial charge in [-0.05, 0) is 63.3 Å². The Bertz CT molecular complexity index is 1210. The molecule has 0 spiro atoms. The molecule has 3 heterocycles. The van der Waals surface area contributed by atoms with E-state index in [2.05, 4.69) is 4.98 Å². The van der Waals surface area contributed by atoms with Crippen molar-refractivity contribution in [3.63, 3.8) is 0 Å². The average Bonchev–Trinajstić information content (AvgIpc) is 3.09. The van der Waals surface area contributed by atoms with E-state index in [1.165, 1.54) is 5.56 Å². The number of hydrogen-bond acceptors (Lipinski definition) is 3. The Hall–Kier alpha value is -3.22. The number of carbonyl (C=O) groups is 2. The van der Waals surface area contributed by atoms with Gasteiger partial charge in [-0.3, -0.25) is 9.59 Å². The van der Waals surface area contributed by atoms with Crippen LogP contribution < -0.4 is 0 Å². The van der Waals surface area contributed by atoms with E-state index in [9.17, 15) is 19.1 Å². The predicted octanol–water partition coefficient (Wildman–Crippen LogP) is 4.70. The third-order valence-electron chi connectivity index (χ3n) is 6.74. The van der Waals surface area contributed by atoms with Crippen molar-refractivity contribution in [3.05, 3.63) is 64.7 Å². The van der Waals surface area contributed by atoms with E-state index in [4.69, 9.17) is 0 Å². The van der Waals surface area contributed by atoms with Crippen LogP contribution >= 0.6 is 0 Å². The number of aliphatic carboxylic acids is 1. The molecule has 6 nitrogen and oxygen atoms in total. The van der Waals surface area contributed by atoms with Crippen molar-refractivity contribution < 1.29 is 19.1 Å². The zero-order valence-electron chi connectivity index (χ0n) is 19.4. The summed E-state index contributed by atoms with van der Waals surface area (Å²) in [5, 5.41) is 10.3. The first kappa shape index (κ1) is 23.0. The number of hydrogen-bond donors (Lipinski definition) is 1. The smallest absolute Gasteiger partial charge is 0.309 e. The Morgan fingerprint density at radius 2 is 2.00 bits per heavy atom. The molecule has 1 aliphatic heterocycles. The molecule has 1 amide bonds. The Balaban J connectivity index is 1.58. The number of pyridine rings is 1. The van der Waals surface area contributed by atoms with E-state index in [1.54, 1.807) is 39.1 Å². The van der Waals surface area contributed by atoms with Gasteiger partial charge in [0.15, 0.2) is 0 Å². The molecule has 1 aromatic carbocycles. The van der Waals surface area contributed by atoms with E-state index in [1.807, 2.05) is 27.7 Å². The van der Waals surface area contributed by atoms with Crippen LogP contribution in [0.25, 0.3) is 11.0 Å². The molecule has 7 heteroatoms. The fourth-order valence-electron chi connectivity index (χ4n) is 4.59. The number of halogens is 1. The van der Waals surface area contributed by atoms with E-state index in [0.717, 1.165) is 16.7 Å². The van der Waals surface area contributed by atoms with Gasteiger partial charge in [-0.2, -0.15) is 0 Å². The first-order valence-electron chi connectivity index (χ1n) is 11.4. The lowest BCUT2D eigenvalue weighted by Crippen LogP contribution is -2.36. The van der Waals surface area contributed by atoms with Crippen LogP contribution in [0.15, 0.2) is 36.5 Å². The molecule has 0 saturated carbocycles. The molecule has 3 aromatic rings. The van der Waals surface area contributed by atoms with Crippen molar-refractivity contribution in [1.82, 2.24) is 14.5 Å². The highest BCUT2D eigenvalue weighted by Crippen LogP contribution is 2.32. The Morgan fingerprint density at radius 1 is 1.21 bits per heavy atom. The lowest BCUT2D eigenvalue weighted by molar-refractivity contribution is -0.147. The topological polar surface area (TPSA) is 75.4 Å². The average molecular weight is 452 g/mol. The molecule has 0 bridgehead atoms. The molecule has 0 saturated heterocycles. The molecular formula is C26H30FN3O3. The Labute approximate surface area is 193 Å². The van der Waals surface area contributed by atoms with Crippen LogP contribution in [-0.4, -0.2) is 38.0 Å². The van der Waals surface area contributed by atoms with Crippen molar-refractivity contribution >= 4 is 22.9 Å². The number of carbonyl (C=O) groups excluding carboxylic acids is 1. The number of aryl methyl sites for hydroxylation is 1. The molecule has 4 rings (SSSR count). The second-order valence-corrected chi connectivity index (χ2v) is 9.54. The number of aromatic nitrogens is 2. The largest absolute Gasteiger partial charge is 0.481 e. The molecule has 174 valence electrons. The normalized spacial score (nSPS) is 13.9. The van der Waals surface area contributed by atoms with Crippen molar-refractivity contribution in [1.29, 1.82) is 0 Å². The van der Waals surface area contributed by atoms with Crippen molar-refractivity contribution in [2.75, 3.05) is 6.54 Å². The van der Waals surface area contributed by atoms with Gasteiger partial charge < -0.3 is 14.6 Å². The molecule has 0 atom stereocenters. The monoisotopic (exact) mass is 451 g/mol. The van der Waals surface area contributed by atoms with Crippen LogP contribution in [0.4, 0.5) is 4.39 Å². The van der Waals surface area contributed by atoms with E-state index in [-0.39, 0.29) is 11.7 Å². The van der Waals surface area contributed by atoms with Gasteiger partial charge in [-0.15, -0.1) is 0 Å². The molecule has 0 fully saturated rings. The van der Waals surface area contributed by atoms with Gasteiger partial charge in [-0.25, -0.2) is 9.37 Å². The van der Waals surface area contributed by atoms with Crippen LogP contribution in [0, 0.1) is 18.2 Å². The van der Waals surface area contributed by atoms with Crippen molar-refractivity contribution in [3.8, 4) is 0 Å². The van der Waals surface area contributed by atoms with Gasteiger partial charge in [-0.1, -0.05) is 18.2 Å². The number of carboxylic acid groups (broad SMARTS) is 1. The van der Waals surface area contributed by atoms with Gasteiger partial charge in [0.25, 0.3) is 0 Å². The van der Waals surface area contributed by atoms with E-state index in [0.29, 0.717) is 56.4 Å². The second kappa shape index (κ2) is 8.96. The molecule has 0 radical (unpaired) electrons. The van der Waals surface area contributed by atoms with Crippen molar-refractivity contribution in [2.24, 2.45) is 5.41 Å². The maximum atomic E-state index is 14.8. The number of rotatable bonds is 7. The summed E-state index contributed by atoms with van der Waals surface area (Å²) in [6.45, 7) is 6.53. The highest BCUT2D eigenvalue weighted by molar-refractivity contribution is 5.84. The summed E-state index contributed by atoms with van der Waals surface area (Å²) < 4.78 is 16.8. The number of carboxylic acids is 1. The minimum absolute atomic E-state index is 0.0216. The summed E-state index contributed by atoms with van der Waals surface area (Å²) in [7, 11) is 0. The third kappa shape index (κ3) is 4.49. The Morgan fingerprint density at radius 3 is 2.76 bits per heavy atom. The first-order valence-corrected chi connectivity index (χ1v) is 11.4. The van der Waals surface area contributed by atoms with Crippen LogP contribution in [0.2, 0.25) is 0 Å². The quantitative estimate of drug-likeness (QED) is 0.565. The number of nitrogens with zero attached hydrogens (tertiary/aromatic N) is 3. The molecule has 0 unspecified atom stereocenters. The minimum Gasteiger partial charge on any atom is -0.481 e. The van der Waals surface area contributed by atoms with E-state index < -0.39 is 11.4 Å². The fourth-order valence-corrected chi connectivity index (χ4v) is 4.59. The van der Waals surface area contributed by atoms with Crippen molar-refractivity contribution in [2.45, 2.75) is 59.5 Å². The maximum absolute atomic E-state index is 14.8. The standard InChI is InChI=1S/C26H30FN3O3/c1-17-7-4-8-18(23(17)27)15-30-21-16-29(22(31)10-5-12-26(2,3)25(32)33)14-11-19(21)20-9-6-13-28-24(20)30/h4,6-9,13H,5,10-12,14-16H2,1-3H3,(H,32,33). The lowest BCUT2D eigenvalue weighted by atomic mass is 9.87. The van der Waals surface area contributed by atoms with Gasteiger partial charge in [0.1, 0.15) is 11.5 Å². The first-order chi connectivity index (χ1) is 15.7. The van der Waals surface area contributed by atoms with Gasteiger partial charge in [0.05, 0.1) is 18.5 Å². The highest BCUT2D eigenvalue weighted by atomic mass is 19.1. The molecule has 2 aromatic heterocycles. The summed E-state index contributed by atoms with van der Waals surface area (Å²) in [6, 6.07) is 9.34. The minimum atomic E-state index is -0.849. The fraction of sp³-hybridized carbons (Fsp3) is 0.423. The number of benzene rings is 1. The van der Waals surface area contributed by atoms with Crippen LogP contribution in [0.1, 0.15) is 55.5 Å². The third-order valence-corrected chi connectivity index (χ3v) is 6.74. The van der Waals surface area contributed by atoms with Crippen LogP contribution in [-0.2, 0) is 29.1 Å². The van der Waals surface area contributed by atoms with Gasteiger partial charge in [0.2, 0.25) is 5.91 Å². The highest BCUT2D eigenvalue weighted by Gasteiger charge is 2.29. The molecular weight excluding hydrogens is 421 g/mol. The summed E-state index contributed by atoms with van der Waals surface area (Å²) in [6.07, 6.45) is 3.75. The predicted molar refractivity (Wildman–Crippen MR) is 124 cm³/mol. The summed E-state index contributed by atoms with van der Waals surface area (Å²) in [4.78, 5) is 30.7. The maximum Gasteiger partial charge on any atom is 0.309 e.